The van der Waals surface area contributed by atoms with Gasteiger partial charge in [0, 0.05) is 5.69 Å². The maximum absolute atomic E-state index is 11.1. The fraction of sp³-hybridized carbons (Fsp3) is 0.0714. The Morgan fingerprint density at radius 3 is 2.35 bits per heavy atom. The van der Waals surface area contributed by atoms with Crippen LogP contribution in [0.2, 0.25) is 0 Å². The molecule has 2 aromatic rings. The van der Waals surface area contributed by atoms with Gasteiger partial charge >= 0.3 is 5.97 Å². The van der Waals surface area contributed by atoms with Crippen molar-refractivity contribution in [1.82, 2.24) is 0 Å². The van der Waals surface area contributed by atoms with Crippen LogP contribution in [-0.2, 0) is 0 Å². The van der Waals surface area contributed by atoms with Gasteiger partial charge in [0.05, 0.1) is 5.56 Å². The Balaban J connectivity index is 2.66. The molecule has 0 unspecified atom stereocenters. The van der Waals surface area contributed by atoms with Crippen LogP contribution in [0.1, 0.15) is 15.9 Å². The first-order valence-electron chi connectivity index (χ1n) is 5.29. The molecule has 0 amide bonds. The molecule has 3 heteroatoms. The summed E-state index contributed by atoms with van der Waals surface area (Å²) in [7, 11) is 0. The summed E-state index contributed by atoms with van der Waals surface area (Å²) in [6, 6.07) is 13.2. The van der Waals surface area contributed by atoms with Crippen molar-refractivity contribution >= 4 is 11.7 Å². The van der Waals surface area contributed by atoms with Crippen LogP contribution in [0.15, 0.2) is 42.5 Å². The summed E-state index contributed by atoms with van der Waals surface area (Å²) in [5.74, 6) is -0.988. The topological polar surface area (TPSA) is 63.3 Å². The van der Waals surface area contributed by atoms with Crippen LogP contribution in [0, 0.1) is 6.92 Å². The number of nitrogen functional groups attached to an aromatic ring is 1. The molecular formula is C14H13NO2. The van der Waals surface area contributed by atoms with Gasteiger partial charge in [0.2, 0.25) is 0 Å². The van der Waals surface area contributed by atoms with E-state index in [0.717, 1.165) is 11.1 Å². The lowest BCUT2D eigenvalue weighted by Gasteiger charge is -2.11. The molecule has 3 N–H and O–H groups in total. The number of rotatable bonds is 2. The van der Waals surface area contributed by atoms with Gasteiger partial charge in [-0.05, 0) is 29.7 Å². The van der Waals surface area contributed by atoms with Gasteiger partial charge in [-0.1, -0.05) is 36.4 Å². The highest BCUT2D eigenvalue weighted by atomic mass is 16.4. The van der Waals surface area contributed by atoms with Crippen LogP contribution in [-0.4, -0.2) is 11.1 Å². The van der Waals surface area contributed by atoms with Crippen LogP contribution in [0.3, 0.4) is 0 Å². The van der Waals surface area contributed by atoms with E-state index in [4.69, 9.17) is 10.8 Å². The Labute approximate surface area is 99.5 Å². The molecule has 0 aliphatic rings. The normalized spacial score (nSPS) is 10.2. The Hall–Kier alpha value is -2.29. The summed E-state index contributed by atoms with van der Waals surface area (Å²) in [6.45, 7) is 1.78. The summed E-state index contributed by atoms with van der Waals surface area (Å²) < 4.78 is 0. The van der Waals surface area contributed by atoms with Gasteiger partial charge in [0.15, 0.2) is 0 Å². The van der Waals surface area contributed by atoms with Crippen molar-refractivity contribution in [2.45, 2.75) is 6.92 Å². The molecule has 0 aromatic heterocycles. The van der Waals surface area contributed by atoms with Crippen LogP contribution in [0.4, 0.5) is 5.69 Å². The summed E-state index contributed by atoms with van der Waals surface area (Å²) in [5.41, 5.74) is 8.77. The molecule has 17 heavy (non-hydrogen) atoms. The van der Waals surface area contributed by atoms with Gasteiger partial charge in [0.1, 0.15) is 0 Å². The molecule has 3 nitrogen and oxygen atoms in total. The van der Waals surface area contributed by atoms with Crippen molar-refractivity contribution in [2.75, 3.05) is 5.73 Å². The third-order valence-electron chi connectivity index (χ3n) is 2.80. The van der Waals surface area contributed by atoms with Crippen LogP contribution in [0.5, 0.6) is 0 Å². The Morgan fingerprint density at radius 1 is 1.12 bits per heavy atom. The fourth-order valence-corrected chi connectivity index (χ4v) is 1.95. The lowest BCUT2D eigenvalue weighted by atomic mass is 9.95. The average Bonchev–Trinajstić information content (AvgIpc) is 2.30. The van der Waals surface area contributed by atoms with Gasteiger partial charge in [-0.2, -0.15) is 0 Å². The molecule has 0 fully saturated rings. The van der Waals surface area contributed by atoms with Crippen molar-refractivity contribution in [3.05, 3.63) is 53.6 Å². The van der Waals surface area contributed by atoms with E-state index in [0.29, 0.717) is 11.3 Å². The summed E-state index contributed by atoms with van der Waals surface area (Å²) >= 11 is 0. The van der Waals surface area contributed by atoms with E-state index >= 15 is 0 Å². The number of hydrogen-bond acceptors (Lipinski definition) is 2. The zero-order chi connectivity index (χ0) is 12.4. The third kappa shape index (κ3) is 1.99. The second kappa shape index (κ2) is 4.29. The van der Waals surface area contributed by atoms with E-state index < -0.39 is 5.97 Å². The maximum atomic E-state index is 11.1. The van der Waals surface area contributed by atoms with Crippen molar-refractivity contribution in [3.63, 3.8) is 0 Å². The van der Waals surface area contributed by atoms with E-state index in [1.54, 1.807) is 13.0 Å². The first-order chi connectivity index (χ1) is 8.11. The fourth-order valence-electron chi connectivity index (χ4n) is 1.95. The number of carbonyl (C=O) groups is 1. The Bertz CT molecular complexity index is 562. The summed E-state index contributed by atoms with van der Waals surface area (Å²) in [5, 5.41) is 9.14. The zero-order valence-corrected chi connectivity index (χ0v) is 9.47. The van der Waals surface area contributed by atoms with E-state index in [9.17, 15) is 4.79 Å². The molecule has 2 rings (SSSR count). The number of anilines is 1. The third-order valence-corrected chi connectivity index (χ3v) is 2.80. The molecule has 0 aliphatic carbocycles. The summed E-state index contributed by atoms with van der Waals surface area (Å²) in [4.78, 5) is 11.1. The van der Waals surface area contributed by atoms with Crippen molar-refractivity contribution in [1.29, 1.82) is 0 Å². The summed E-state index contributed by atoms with van der Waals surface area (Å²) in [6.07, 6.45) is 0. The second-order valence-electron chi connectivity index (χ2n) is 3.87. The number of carboxylic acid groups (broad SMARTS) is 1. The highest BCUT2D eigenvalue weighted by Gasteiger charge is 2.14. The molecule has 0 aliphatic heterocycles. The first-order valence-corrected chi connectivity index (χ1v) is 5.29. The van der Waals surface area contributed by atoms with Crippen LogP contribution < -0.4 is 5.73 Å². The van der Waals surface area contributed by atoms with Crippen LogP contribution in [0.25, 0.3) is 11.1 Å². The zero-order valence-electron chi connectivity index (χ0n) is 9.47. The minimum Gasteiger partial charge on any atom is -0.478 e. The van der Waals surface area contributed by atoms with Crippen molar-refractivity contribution in [2.24, 2.45) is 0 Å². The van der Waals surface area contributed by atoms with Gasteiger partial charge in [0.25, 0.3) is 0 Å². The molecule has 0 atom stereocenters. The lowest BCUT2D eigenvalue weighted by molar-refractivity contribution is 0.0697. The van der Waals surface area contributed by atoms with Crippen molar-refractivity contribution in [3.8, 4) is 11.1 Å². The molecule has 0 radical (unpaired) electrons. The monoisotopic (exact) mass is 227 g/mol. The minimum absolute atomic E-state index is 0.186. The number of aromatic carboxylic acids is 1. The molecule has 86 valence electrons. The largest absolute Gasteiger partial charge is 0.478 e. The molecule has 2 aromatic carbocycles. The number of benzene rings is 2. The average molecular weight is 227 g/mol. The molecule has 0 saturated heterocycles. The molecule has 0 spiro atoms. The predicted molar refractivity (Wildman–Crippen MR) is 68.0 cm³/mol. The van der Waals surface area contributed by atoms with Crippen LogP contribution >= 0.6 is 0 Å². The maximum Gasteiger partial charge on any atom is 0.338 e. The van der Waals surface area contributed by atoms with Gasteiger partial charge in [-0.25, -0.2) is 4.79 Å². The SMILES string of the molecule is Cc1c(-c2ccccc2)ccc(N)c1C(=O)O. The van der Waals surface area contributed by atoms with E-state index in [1.165, 1.54) is 0 Å². The molecule has 0 bridgehead atoms. The van der Waals surface area contributed by atoms with Gasteiger partial charge in [-0.3, -0.25) is 0 Å². The molecule has 0 saturated carbocycles. The molecule has 0 heterocycles. The molecular weight excluding hydrogens is 214 g/mol. The second-order valence-corrected chi connectivity index (χ2v) is 3.87. The predicted octanol–water partition coefficient (Wildman–Crippen LogP) is 2.94. The quantitative estimate of drug-likeness (QED) is 0.775. The first kappa shape index (κ1) is 11.2. The standard InChI is InChI=1S/C14H13NO2/c1-9-11(10-5-3-2-4-6-10)7-8-12(15)13(9)14(16)17/h2-8H,15H2,1H3,(H,16,17). The number of nitrogens with two attached hydrogens (primary N) is 1. The smallest absolute Gasteiger partial charge is 0.338 e. The van der Waals surface area contributed by atoms with E-state index in [-0.39, 0.29) is 5.56 Å². The van der Waals surface area contributed by atoms with E-state index in [1.807, 2.05) is 36.4 Å². The minimum atomic E-state index is -0.988. The van der Waals surface area contributed by atoms with Crippen molar-refractivity contribution < 1.29 is 9.90 Å². The Kier molecular flexibility index (Phi) is 2.83. The highest BCUT2D eigenvalue weighted by molar-refractivity contribution is 5.97. The Morgan fingerprint density at radius 2 is 1.76 bits per heavy atom. The number of hydrogen-bond donors (Lipinski definition) is 2. The number of carboxylic acids is 1. The van der Waals surface area contributed by atoms with Gasteiger partial charge in [-0.15, -0.1) is 0 Å². The van der Waals surface area contributed by atoms with Gasteiger partial charge < -0.3 is 10.8 Å². The lowest BCUT2D eigenvalue weighted by Crippen LogP contribution is -2.06. The van der Waals surface area contributed by atoms with E-state index in [2.05, 4.69) is 0 Å². The highest BCUT2D eigenvalue weighted by Crippen LogP contribution is 2.28.